The Kier molecular flexibility index (Phi) is 4.13. The van der Waals surface area contributed by atoms with Crippen LogP contribution >= 0.6 is 0 Å². The zero-order chi connectivity index (χ0) is 14.0. The highest BCUT2D eigenvalue weighted by Gasteiger charge is 2.34. The van der Waals surface area contributed by atoms with E-state index in [1.807, 2.05) is 29.2 Å². The fraction of sp³-hybridized carbons (Fsp3) is 0.562. The van der Waals surface area contributed by atoms with Crippen LogP contribution in [0.5, 0.6) is 5.75 Å². The van der Waals surface area contributed by atoms with Gasteiger partial charge in [0.25, 0.3) is 0 Å². The Morgan fingerprint density at radius 3 is 2.32 bits per heavy atom. The number of nitrogens with zero attached hydrogens (tertiary/aromatic N) is 1. The number of amides is 1. The van der Waals surface area contributed by atoms with Gasteiger partial charge in [-0.25, -0.2) is 0 Å². The Morgan fingerprint density at radius 1 is 1.21 bits per heavy atom. The first-order valence-electron chi connectivity index (χ1n) is 6.96. The first-order valence-corrected chi connectivity index (χ1v) is 6.96. The zero-order valence-corrected chi connectivity index (χ0v) is 12.2. The summed E-state index contributed by atoms with van der Waals surface area (Å²) in [6, 6.07) is 8.12. The smallest absolute Gasteiger partial charge is 0.223 e. The average Bonchev–Trinajstić information content (AvgIpc) is 2.80. The lowest BCUT2D eigenvalue weighted by Crippen LogP contribution is -2.28. The third kappa shape index (κ3) is 2.91. The first kappa shape index (κ1) is 13.9. The highest BCUT2D eigenvalue weighted by Crippen LogP contribution is 2.32. The largest absolute Gasteiger partial charge is 0.497 e. The van der Waals surface area contributed by atoms with E-state index < -0.39 is 0 Å². The van der Waals surface area contributed by atoms with Crippen molar-refractivity contribution in [1.29, 1.82) is 0 Å². The fourth-order valence-corrected chi connectivity index (χ4v) is 2.64. The normalized spacial score (nSPS) is 21.0. The van der Waals surface area contributed by atoms with Crippen LogP contribution in [0, 0.1) is 11.8 Å². The summed E-state index contributed by atoms with van der Waals surface area (Å²) in [4.78, 5) is 14.1. The molecule has 19 heavy (non-hydrogen) atoms. The van der Waals surface area contributed by atoms with Gasteiger partial charge < -0.3 is 9.64 Å². The minimum Gasteiger partial charge on any atom is -0.497 e. The molecule has 0 saturated carbocycles. The standard InChI is InChI=1S/C16H23NO2/c1-11(2)14-9-16(18)17(10-14)12(3)13-5-7-15(19-4)8-6-13/h5-8,11-12,14H,9-10H2,1-4H3/t12-,14+/m0/s1. The van der Waals surface area contributed by atoms with E-state index >= 15 is 0 Å². The van der Waals surface area contributed by atoms with Gasteiger partial charge in [0.15, 0.2) is 0 Å². The van der Waals surface area contributed by atoms with Crippen molar-refractivity contribution in [2.75, 3.05) is 13.7 Å². The number of ether oxygens (including phenoxy) is 1. The van der Waals surface area contributed by atoms with E-state index in [9.17, 15) is 4.79 Å². The lowest BCUT2D eigenvalue weighted by molar-refractivity contribution is -0.129. The van der Waals surface area contributed by atoms with Crippen LogP contribution in [-0.2, 0) is 4.79 Å². The molecular formula is C16H23NO2. The quantitative estimate of drug-likeness (QED) is 0.832. The van der Waals surface area contributed by atoms with Gasteiger partial charge in [0.1, 0.15) is 5.75 Å². The average molecular weight is 261 g/mol. The predicted molar refractivity (Wildman–Crippen MR) is 76.1 cm³/mol. The van der Waals surface area contributed by atoms with Gasteiger partial charge in [-0.3, -0.25) is 4.79 Å². The summed E-state index contributed by atoms with van der Waals surface area (Å²) in [5.41, 5.74) is 1.17. The summed E-state index contributed by atoms with van der Waals surface area (Å²) in [5, 5.41) is 0. The molecule has 2 atom stereocenters. The molecule has 1 aromatic rings. The van der Waals surface area contributed by atoms with Crippen LogP contribution in [0.1, 0.15) is 38.8 Å². The molecule has 0 aliphatic carbocycles. The molecule has 1 aliphatic rings. The number of rotatable bonds is 4. The zero-order valence-electron chi connectivity index (χ0n) is 12.2. The van der Waals surface area contributed by atoms with Crippen LogP contribution in [-0.4, -0.2) is 24.5 Å². The molecule has 0 aromatic heterocycles. The number of methoxy groups -OCH3 is 1. The number of carbonyl (C=O) groups excluding carboxylic acids is 1. The van der Waals surface area contributed by atoms with Gasteiger partial charge in [-0.2, -0.15) is 0 Å². The van der Waals surface area contributed by atoms with Crippen LogP contribution < -0.4 is 4.74 Å². The van der Waals surface area contributed by atoms with Crippen LogP contribution in [0.4, 0.5) is 0 Å². The minimum absolute atomic E-state index is 0.141. The van der Waals surface area contributed by atoms with Crippen molar-refractivity contribution in [1.82, 2.24) is 4.90 Å². The predicted octanol–water partition coefficient (Wildman–Crippen LogP) is 3.26. The first-order chi connectivity index (χ1) is 9.02. The molecule has 0 radical (unpaired) electrons. The SMILES string of the molecule is COc1ccc([C@H](C)N2C[C@H](C(C)C)CC2=O)cc1. The van der Waals surface area contributed by atoms with Gasteiger partial charge in [0.2, 0.25) is 5.91 Å². The van der Waals surface area contributed by atoms with E-state index in [-0.39, 0.29) is 11.9 Å². The second-order valence-corrected chi connectivity index (χ2v) is 5.70. The Bertz CT molecular complexity index is 439. The molecule has 1 amide bonds. The molecule has 1 heterocycles. The van der Waals surface area contributed by atoms with E-state index in [1.165, 1.54) is 5.56 Å². The molecule has 0 bridgehead atoms. The van der Waals surface area contributed by atoms with E-state index in [4.69, 9.17) is 4.74 Å². The molecule has 3 nitrogen and oxygen atoms in total. The highest BCUT2D eigenvalue weighted by atomic mass is 16.5. The molecule has 1 fully saturated rings. The van der Waals surface area contributed by atoms with Crippen LogP contribution in [0.25, 0.3) is 0 Å². The van der Waals surface area contributed by atoms with Crippen molar-refractivity contribution in [2.24, 2.45) is 11.8 Å². The number of hydrogen-bond acceptors (Lipinski definition) is 2. The summed E-state index contributed by atoms with van der Waals surface area (Å²) in [7, 11) is 1.66. The molecule has 0 N–H and O–H groups in total. The van der Waals surface area contributed by atoms with Gasteiger partial charge >= 0.3 is 0 Å². The van der Waals surface area contributed by atoms with Crippen LogP contribution in [0.2, 0.25) is 0 Å². The summed E-state index contributed by atoms with van der Waals surface area (Å²) in [6.07, 6.45) is 0.693. The molecule has 3 heteroatoms. The Hall–Kier alpha value is -1.51. The molecule has 1 aromatic carbocycles. The summed E-state index contributed by atoms with van der Waals surface area (Å²) in [6.45, 7) is 7.37. The van der Waals surface area contributed by atoms with E-state index in [1.54, 1.807) is 7.11 Å². The van der Waals surface area contributed by atoms with Crippen molar-refractivity contribution < 1.29 is 9.53 Å². The monoisotopic (exact) mass is 261 g/mol. The number of hydrogen-bond donors (Lipinski definition) is 0. The van der Waals surface area contributed by atoms with Crippen molar-refractivity contribution in [3.05, 3.63) is 29.8 Å². The van der Waals surface area contributed by atoms with Gasteiger partial charge in [-0.1, -0.05) is 26.0 Å². The van der Waals surface area contributed by atoms with Gasteiger partial charge in [-0.15, -0.1) is 0 Å². The van der Waals surface area contributed by atoms with E-state index in [0.29, 0.717) is 18.3 Å². The van der Waals surface area contributed by atoms with Crippen molar-refractivity contribution in [2.45, 2.75) is 33.2 Å². The lowest BCUT2D eigenvalue weighted by atomic mass is 9.95. The van der Waals surface area contributed by atoms with Gasteiger partial charge in [0.05, 0.1) is 13.2 Å². The van der Waals surface area contributed by atoms with Crippen LogP contribution in [0.3, 0.4) is 0 Å². The van der Waals surface area contributed by atoms with Crippen LogP contribution in [0.15, 0.2) is 24.3 Å². The summed E-state index contributed by atoms with van der Waals surface area (Å²) in [5.74, 6) is 2.19. The third-order valence-electron chi connectivity index (χ3n) is 4.20. The number of likely N-dealkylation sites (tertiary alicyclic amines) is 1. The fourth-order valence-electron chi connectivity index (χ4n) is 2.64. The summed E-state index contributed by atoms with van der Waals surface area (Å²) < 4.78 is 5.16. The molecular weight excluding hydrogens is 238 g/mol. The third-order valence-corrected chi connectivity index (χ3v) is 4.20. The Morgan fingerprint density at radius 2 is 1.84 bits per heavy atom. The number of carbonyl (C=O) groups is 1. The highest BCUT2D eigenvalue weighted by molar-refractivity contribution is 5.79. The second-order valence-electron chi connectivity index (χ2n) is 5.70. The maximum Gasteiger partial charge on any atom is 0.223 e. The maximum absolute atomic E-state index is 12.1. The molecule has 0 spiro atoms. The lowest BCUT2D eigenvalue weighted by Gasteiger charge is -2.26. The second kappa shape index (κ2) is 5.64. The minimum atomic E-state index is 0.141. The van der Waals surface area contributed by atoms with Crippen molar-refractivity contribution in [3.8, 4) is 5.75 Å². The Labute approximate surface area is 115 Å². The van der Waals surface area contributed by atoms with E-state index in [2.05, 4.69) is 20.8 Å². The summed E-state index contributed by atoms with van der Waals surface area (Å²) >= 11 is 0. The molecule has 1 saturated heterocycles. The molecule has 2 rings (SSSR count). The topological polar surface area (TPSA) is 29.5 Å². The molecule has 0 unspecified atom stereocenters. The maximum atomic E-state index is 12.1. The van der Waals surface area contributed by atoms with Gasteiger partial charge in [0, 0.05) is 13.0 Å². The van der Waals surface area contributed by atoms with Crippen molar-refractivity contribution >= 4 is 5.91 Å². The molecule has 1 aliphatic heterocycles. The van der Waals surface area contributed by atoms with E-state index in [0.717, 1.165) is 12.3 Å². The number of benzene rings is 1. The van der Waals surface area contributed by atoms with Gasteiger partial charge in [-0.05, 0) is 36.5 Å². The molecule has 104 valence electrons. The van der Waals surface area contributed by atoms with Crippen molar-refractivity contribution in [3.63, 3.8) is 0 Å². The Balaban J connectivity index is 2.10.